The van der Waals surface area contributed by atoms with Crippen LogP contribution in [0, 0.1) is 0 Å². The van der Waals surface area contributed by atoms with Gasteiger partial charge in [0.25, 0.3) is 0 Å². The first-order valence-electron chi connectivity index (χ1n) is 4.85. The number of nitrogens with two attached hydrogens (primary N) is 1. The Morgan fingerprint density at radius 2 is 2.35 bits per heavy atom. The van der Waals surface area contributed by atoms with Crippen molar-refractivity contribution in [1.29, 1.82) is 0 Å². The molecule has 92 valence electrons. The first-order chi connectivity index (χ1) is 8.11. The fourth-order valence-electron chi connectivity index (χ4n) is 1.54. The van der Waals surface area contributed by atoms with Gasteiger partial charge in [0.1, 0.15) is 12.2 Å². The molecule has 5 nitrogen and oxygen atoms in total. The second-order valence-corrected chi connectivity index (χ2v) is 7.25. The minimum Gasteiger partial charge on any atom is -0.271 e. The van der Waals surface area contributed by atoms with Gasteiger partial charge in [-0.2, -0.15) is 5.10 Å². The molecular formula is C9H11Br2N5S. The Labute approximate surface area is 120 Å². The first kappa shape index (κ1) is 13.2. The van der Waals surface area contributed by atoms with Gasteiger partial charge in [0.2, 0.25) is 0 Å². The lowest BCUT2D eigenvalue weighted by Crippen LogP contribution is -2.30. The summed E-state index contributed by atoms with van der Waals surface area (Å²) in [6.45, 7) is 0. The molecule has 2 rings (SSSR count). The van der Waals surface area contributed by atoms with E-state index >= 15 is 0 Å². The van der Waals surface area contributed by atoms with Crippen LogP contribution in [0.3, 0.4) is 0 Å². The average molecular weight is 381 g/mol. The summed E-state index contributed by atoms with van der Waals surface area (Å²) in [5, 5.41) is 4.04. The van der Waals surface area contributed by atoms with Crippen molar-refractivity contribution in [3.05, 3.63) is 31.4 Å². The van der Waals surface area contributed by atoms with Gasteiger partial charge in [0, 0.05) is 13.5 Å². The van der Waals surface area contributed by atoms with E-state index in [-0.39, 0.29) is 6.04 Å². The Balaban J connectivity index is 2.23. The number of hydrogen-bond donors (Lipinski definition) is 2. The Morgan fingerprint density at radius 1 is 1.59 bits per heavy atom. The molecule has 0 aliphatic carbocycles. The van der Waals surface area contributed by atoms with Gasteiger partial charge in [-0.3, -0.25) is 16.0 Å². The van der Waals surface area contributed by atoms with Crippen LogP contribution >= 0.6 is 43.2 Å². The number of hydrazine groups is 1. The van der Waals surface area contributed by atoms with Crippen LogP contribution in [0.25, 0.3) is 0 Å². The SMILES string of the molecule is Cn1ncnc1CC(NN)c1cc(Br)sc1Br. The van der Waals surface area contributed by atoms with Crippen molar-refractivity contribution in [2.24, 2.45) is 12.9 Å². The highest BCUT2D eigenvalue weighted by atomic mass is 79.9. The molecule has 0 radical (unpaired) electrons. The molecule has 0 bridgehead atoms. The third-order valence-electron chi connectivity index (χ3n) is 2.45. The van der Waals surface area contributed by atoms with Gasteiger partial charge in [-0.05, 0) is 43.5 Å². The highest BCUT2D eigenvalue weighted by Gasteiger charge is 2.18. The number of hydrogen-bond acceptors (Lipinski definition) is 5. The molecule has 0 saturated carbocycles. The van der Waals surface area contributed by atoms with Crippen LogP contribution in [0.2, 0.25) is 0 Å². The zero-order valence-corrected chi connectivity index (χ0v) is 13.0. The van der Waals surface area contributed by atoms with Gasteiger partial charge in [-0.15, -0.1) is 11.3 Å². The smallest absolute Gasteiger partial charge is 0.138 e. The largest absolute Gasteiger partial charge is 0.271 e. The third kappa shape index (κ3) is 2.94. The summed E-state index contributed by atoms with van der Waals surface area (Å²) >= 11 is 8.62. The van der Waals surface area contributed by atoms with Crippen molar-refractivity contribution >= 4 is 43.2 Å². The Morgan fingerprint density at radius 3 is 2.82 bits per heavy atom. The fourth-order valence-corrected chi connectivity index (χ4v) is 4.51. The van der Waals surface area contributed by atoms with Gasteiger partial charge in [-0.1, -0.05) is 0 Å². The molecule has 1 unspecified atom stereocenters. The highest BCUT2D eigenvalue weighted by molar-refractivity contribution is 9.12. The molecule has 17 heavy (non-hydrogen) atoms. The molecule has 0 saturated heterocycles. The maximum absolute atomic E-state index is 5.61. The van der Waals surface area contributed by atoms with Crippen molar-refractivity contribution in [3.8, 4) is 0 Å². The van der Waals surface area contributed by atoms with Crippen molar-refractivity contribution < 1.29 is 0 Å². The number of aromatic nitrogens is 3. The van der Waals surface area contributed by atoms with E-state index in [1.165, 1.54) is 0 Å². The van der Waals surface area contributed by atoms with Gasteiger partial charge in [-0.25, -0.2) is 4.98 Å². The van der Waals surface area contributed by atoms with E-state index in [1.54, 1.807) is 22.3 Å². The molecule has 0 aromatic carbocycles. The molecule has 0 aliphatic heterocycles. The molecule has 8 heteroatoms. The molecule has 3 N–H and O–H groups in total. The van der Waals surface area contributed by atoms with Crippen LogP contribution in [0.1, 0.15) is 17.4 Å². The standard InChI is InChI=1S/C9H11Br2N5S/c1-16-8(13-4-14-16)3-6(15-12)5-2-7(10)17-9(5)11/h2,4,6,15H,3,12H2,1H3. The molecular weight excluding hydrogens is 370 g/mol. The quantitative estimate of drug-likeness (QED) is 0.629. The highest BCUT2D eigenvalue weighted by Crippen LogP contribution is 2.36. The molecule has 2 aromatic heterocycles. The zero-order chi connectivity index (χ0) is 12.4. The predicted molar refractivity (Wildman–Crippen MR) is 74.5 cm³/mol. The summed E-state index contributed by atoms with van der Waals surface area (Å²) in [7, 11) is 1.87. The summed E-state index contributed by atoms with van der Waals surface area (Å²) < 4.78 is 3.88. The summed E-state index contributed by atoms with van der Waals surface area (Å²) in [5.41, 5.74) is 3.93. The molecule has 0 fully saturated rings. The van der Waals surface area contributed by atoms with E-state index in [2.05, 4.69) is 53.4 Å². The normalized spacial score (nSPS) is 12.9. The second-order valence-electron chi connectivity index (χ2n) is 3.50. The van der Waals surface area contributed by atoms with E-state index in [0.29, 0.717) is 6.42 Å². The van der Waals surface area contributed by atoms with E-state index in [4.69, 9.17) is 5.84 Å². The second kappa shape index (κ2) is 5.57. The summed E-state index contributed by atoms with van der Waals surface area (Å²) in [6.07, 6.45) is 2.23. The van der Waals surface area contributed by atoms with Gasteiger partial charge >= 0.3 is 0 Å². The number of nitrogens with zero attached hydrogens (tertiary/aromatic N) is 3. The Kier molecular flexibility index (Phi) is 4.31. The average Bonchev–Trinajstić information content (AvgIpc) is 2.82. The van der Waals surface area contributed by atoms with Crippen LogP contribution in [0.5, 0.6) is 0 Å². The number of thiophene rings is 1. The first-order valence-corrected chi connectivity index (χ1v) is 7.25. The molecule has 0 aliphatic rings. The number of nitrogens with one attached hydrogen (secondary N) is 1. The van der Waals surface area contributed by atoms with Gasteiger partial charge in [0.15, 0.2) is 0 Å². The van der Waals surface area contributed by atoms with E-state index in [1.807, 2.05) is 7.05 Å². The Hall–Kier alpha value is -0.280. The Bertz CT molecular complexity index is 509. The topological polar surface area (TPSA) is 68.8 Å². The van der Waals surface area contributed by atoms with Crippen LogP contribution in [-0.2, 0) is 13.5 Å². The van der Waals surface area contributed by atoms with Gasteiger partial charge in [0.05, 0.1) is 13.6 Å². The molecule has 2 aromatic rings. The lowest BCUT2D eigenvalue weighted by atomic mass is 10.1. The van der Waals surface area contributed by atoms with Crippen molar-refractivity contribution in [2.75, 3.05) is 0 Å². The lowest BCUT2D eigenvalue weighted by Gasteiger charge is -2.14. The minimum absolute atomic E-state index is 0.00910. The molecule has 0 spiro atoms. The molecule has 0 amide bonds. The molecule has 2 heterocycles. The van der Waals surface area contributed by atoms with Crippen molar-refractivity contribution in [2.45, 2.75) is 12.5 Å². The van der Waals surface area contributed by atoms with Crippen LogP contribution in [0.15, 0.2) is 20.0 Å². The fraction of sp³-hybridized carbons (Fsp3) is 0.333. The maximum Gasteiger partial charge on any atom is 0.138 e. The van der Waals surface area contributed by atoms with E-state index in [9.17, 15) is 0 Å². The van der Waals surface area contributed by atoms with Crippen molar-refractivity contribution in [1.82, 2.24) is 20.2 Å². The minimum atomic E-state index is 0.00910. The number of halogens is 2. The van der Waals surface area contributed by atoms with Crippen molar-refractivity contribution in [3.63, 3.8) is 0 Å². The lowest BCUT2D eigenvalue weighted by molar-refractivity contribution is 0.523. The van der Waals surface area contributed by atoms with Crippen LogP contribution < -0.4 is 11.3 Å². The predicted octanol–water partition coefficient (Wildman–Crippen LogP) is 2.15. The van der Waals surface area contributed by atoms with Crippen LogP contribution in [-0.4, -0.2) is 14.8 Å². The summed E-state index contributed by atoms with van der Waals surface area (Å²) in [5.74, 6) is 6.50. The monoisotopic (exact) mass is 379 g/mol. The van der Waals surface area contributed by atoms with Crippen LogP contribution in [0.4, 0.5) is 0 Å². The number of aryl methyl sites for hydroxylation is 1. The number of rotatable bonds is 4. The van der Waals surface area contributed by atoms with E-state index < -0.39 is 0 Å². The molecule has 1 atom stereocenters. The third-order valence-corrected chi connectivity index (χ3v) is 4.84. The summed E-state index contributed by atoms with van der Waals surface area (Å²) in [6, 6.07) is 2.06. The van der Waals surface area contributed by atoms with E-state index in [0.717, 1.165) is 19.0 Å². The maximum atomic E-state index is 5.61. The summed E-state index contributed by atoms with van der Waals surface area (Å²) in [4.78, 5) is 4.20. The van der Waals surface area contributed by atoms with Gasteiger partial charge < -0.3 is 0 Å². The zero-order valence-electron chi connectivity index (χ0n) is 9.02.